The van der Waals surface area contributed by atoms with Crippen molar-refractivity contribution in [2.75, 3.05) is 13.6 Å². The Morgan fingerprint density at radius 3 is 2.55 bits per heavy atom. The Morgan fingerprint density at radius 2 is 2.18 bits per heavy atom. The first kappa shape index (κ1) is 10.2. The number of amides is 2. The minimum Gasteiger partial charge on any atom is -0.327 e. The Kier molecular flexibility index (Phi) is 4.61. The molecule has 0 aliphatic rings. The van der Waals surface area contributed by atoms with Crippen molar-refractivity contribution >= 4 is 6.03 Å². The molecule has 0 fully saturated rings. The first-order valence-electron chi connectivity index (χ1n) is 3.79. The van der Waals surface area contributed by atoms with E-state index in [1.165, 1.54) is 0 Å². The maximum atomic E-state index is 10.8. The molecule has 0 spiro atoms. The van der Waals surface area contributed by atoms with Crippen LogP contribution >= 0.6 is 0 Å². The number of hydrazine groups is 1. The number of hydrogen-bond donors (Lipinski definition) is 2. The van der Waals surface area contributed by atoms with Crippen LogP contribution in [0.3, 0.4) is 0 Å². The van der Waals surface area contributed by atoms with Gasteiger partial charge < -0.3 is 4.90 Å². The minimum atomic E-state index is -0.231. The predicted molar refractivity (Wildman–Crippen MR) is 44.8 cm³/mol. The van der Waals surface area contributed by atoms with Crippen LogP contribution < -0.4 is 11.3 Å². The topological polar surface area (TPSA) is 58.4 Å². The molecule has 0 aromatic carbocycles. The molecule has 0 bridgehead atoms. The van der Waals surface area contributed by atoms with Crippen LogP contribution in [0.15, 0.2) is 0 Å². The van der Waals surface area contributed by atoms with E-state index in [-0.39, 0.29) is 6.03 Å². The fourth-order valence-corrected chi connectivity index (χ4v) is 0.664. The maximum absolute atomic E-state index is 10.8. The van der Waals surface area contributed by atoms with Gasteiger partial charge in [0.1, 0.15) is 0 Å². The van der Waals surface area contributed by atoms with Gasteiger partial charge in [-0.3, -0.25) is 5.43 Å². The Bertz CT molecular complexity index is 125. The summed E-state index contributed by atoms with van der Waals surface area (Å²) in [5.41, 5.74) is 2.08. The first-order valence-corrected chi connectivity index (χ1v) is 3.79. The van der Waals surface area contributed by atoms with Crippen LogP contribution in [0.25, 0.3) is 0 Å². The van der Waals surface area contributed by atoms with Gasteiger partial charge in [0.25, 0.3) is 0 Å². The first-order chi connectivity index (χ1) is 5.07. The van der Waals surface area contributed by atoms with E-state index in [4.69, 9.17) is 5.84 Å². The van der Waals surface area contributed by atoms with E-state index in [0.29, 0.717) is 5.92 Å². The van der Waals surface area contributed by atoms with Gasteiger partial charge in [-0.2, -0.15) is 0 Å². The summed E-state index contributed by atoms with van der Waals surface area (Å²) in [5, 5.41) is 0. The summed E-state index contributed by atoms with van der Waals surface area (Å²) in [5.74, 6) is 5.55. The summed E-state index contributed by atoms with van der Waals surface area (Å²) >= 11 is 0. The van der Waals surface area contributed by atoms with Crippen molar-refractivity contribution in [3.05, 3.63) is 0 Å². The molecule has 0 unspecified atom stereocenters. The van der Waals surface area contributed by atoms with Crippen LogP contribution in [0.2, 0.25) is 0 Å². The van der Waals surface area contributed by atoms with Crippen LogP contribution in [0.4, 0.5) is 4.79 Å². The van der Waals surface area contributed by atoms with E-state index < -0.39 is 0 Å². The average Bonchev–Trinajstić information content (AvgIpc) is 1.98. The zero-order valence-corrected chi connectivity index (χ0v) is 7.42. The number of urea groups is 1. The molecule has 4 nitrogen and oxygen atoms in total. The summed E-state index contributed by atoms with van der Waals surface area (Å²) in [6.07, 6.45) is 1.00. The molecule has 0 saturated heterocycles. The lowest BCUT2D eigenvalue weighted by Crippen LogP contribution is -2.41. The predicted octanol–water partition coefficient (Wildman–Crippen LogP) is 0.548. The van der Waals surface area contributed by atoms with Crippen LogP contribution in [0, 0.1) is 5.92 Å². The zero-order chi connectivity index (χ0) is 8.85. The zero-order valence-electron chi connectivity index (χ0n) is 7.42. The highest BCUT2D eigenvalue weighted by Crippen LogP contribution is 1.99. The molecule has 0 saturated carbocycles. The molecule has 0 heterocycles. The van der Waals surface area contributed by atoms with Gasteiger partial charge in [-0.05, 0) is 12.3 Å². The van der Waals surface area contributed by atoms with Gasteiger partial charge in [0.2, 0.25) is 0 Å². The van der Waals surface area contributed by atoms with Crippen LogP contribution in [-0.4, -0.2) is 24.5 Å². The quantitative estimate of drug-likeness (QED) is 0.359. The van der Waals surface area contributed by atoms with Crippen LogP contribution in [0.5, 0.6) is 0 Å². The summed E-state index contributed by atoms with van der Waals surface area (Å²) in [4.78, 5) is 12.4. The number of nitrogens with zero attached hydrogens (tertiary/aromatic N) is 1. The molecule has 0 aliphatic carbocycles. The Morgan fingerprint density at radius 1 is 1.64 bits per heavy atom. The van der Waals surface area contributed by atoms with Crippen molar-refractivity contribution in [2.24, 2.45) is 11.8 Å². The molecule has 0 atom stereocenters. The highest BCUT2D eigenvalue weighted by atomic mass is 16.2. The van der Waals surface area contributed by atoms with E-state index in [0.717, 1.165) is 13.0 Å². The summed E-state index contributed by atoms with van der Waals surface area (Å²) in [6.45, 7) is 4.99. The number of nitrogens with two attached hydrogens (primary N) is 1. The number of hydrogen-bond acceptors (Lipinski definition) is 2. The fraction of sp³-hybridized carbons (Fsp3) is 0.857. The second-order valence-electron chi connectivity index (χ2n) is 3.05. The fourth-order valence-electron chi connectivity index (χ4n) is 0.664. The monoisotopic (exact) mass is 159 g/mol. The largest absolute Gasteiger partial charge is 0.331 e. The van der Waals surface area contributed by atoms with Crippen molar-refractivity contribution in [2.45, 2.75) is 20.3 Å². The number of nitrogens with one attached hydrogen (secondary N) is 1. The highest BCUT2D eigenvalue weighted by molar-refractivity contribution is 5.72. The van der Waals surface area contributed by atoms with Gasteiger partial charge >= 0.3 is 6.03 Å². The lowest BCUT2D eigenvalue weighted by molar-refractivity contribution is 0.206. The Labute approximate surface area is 67.7 Å². The van der Waals surface area contributed by atoms with Gasteiger partial charge in [-0.15, -0.1) is 0 Å². The minimum absolute atomic E-state index is 0.231. The molecule has 2 amide bonds. The number of carbonyl (C=O) groups is 1. The van der Waals surface area contributed by atoms with E-state index in [1.54, 1.807) is 11.9 Å². The van der Waals surface area contributed by atoms with Gasteiger partial charge in [-0.1, -0.05) is 13.8 Å². The third-order valence-corrected chi connectivity index (χ3v) is 1.51. The van der Waals surface area contributed by atoms with E-state index in [1.807, 2.05) is 0 Å². The second-order valence-corrected chi connectivity index (χ2v) is 3.05. The summed E-state index contributed by atoms with van der Waals surface area (Å²) in [7, 11) is 1.73. The molecule has 0 aromatic heterocycles. The Hall–Kier alpha value is -0.770. The van der Waals surface area contributed by atoms with Gasteiger partial charge in [0.15, 0.2) is 0 Å². The second kappa shape index (κ2) is 4.96. The van der Waals surface area contributed by atoms with Crippen molar-refractivity contribution < 1.29 is 4.79 Å². The third-order valence-electron chi connectivity index (χ3n) is 1.51. The average molecular weight is 159 g/mol. The van der Waals surface area contributed by atoms with Crippen LogP contribution in [0.1, 0.15) is 20.3 Å². The van der Waals surface area contributed by atoms with Crippen LogP contribution in [-0.2, 0) is 0 Å². The van der Waals surface area contributed by atoms with Gasteiger partial charge in [0.05, 0.1) is 0 Å². The molecule has 3 N–H and O–H groups in total. The lowest BCUT2D eigenvalue weighted by Gasteiger charge is -2.16. The molecule has 0 aromatic rings. The van der Waals surface area contributed by atoms with E-state index in [9.17, 15) is 4.79 Å². The molecular weight excluding hydrogens is 142 g/mol. The highest BCUT2D eigenvalue weighted by Gasteiger charge is 2.05. The third kappa shape index (κ3) is 4.61. The molecule has 0 radical (unpaired) electrons. The van der Waals surface area contributed by atoms with Gasteiger partial charge in [0, 0.05) is 13.6 Å². The van der Waals surface area contributed by atoms with E-state index >= 15 is 0 Å². The van der Waals surface area contributed by atoms with Crippen molar-refractivity contribution in [3.8, 4) is 0 Å². The maximum Gasteiger partial charge on any atom is 0.331 e. The molecule has 66 valence electrons. The number of carbonyl (C=O) groups excluding carboxylic acids is 1. The molecule has 11 heavy (non-hydrogen) atoms. The SMILES string of the molecule is CC(C)CCN(C)C(=O)NN. The number of rotatable bonds is 3. The molecule has 0 aliphatic heterocycles. The smallest absolute Gasteiger partial charge is 0.327 e. The van der Waals surface area contributed by atoms with Gasteiger partial charge in [-0.25, -0.2) is 10.6 Å². The normalized spacial score (nSPS) is 9.91. The van der Waals surface area contributed by atoms with Crippen molar-refractivity contribution in [3.63, 3.8) is 0 Å². The molecular formula is C7H17N3O. The van der Waals surface area contributed by atoms with Crippen molar-refractivity contribution in [1.29, 1.82) is 0 Å². The lowest BCUT2D eigenvalue weighted by atomic mass is 10.1. The molecule has 0 rings (SSSR count). The summed E-state index contributed by atoms with van der Waals surface area (Å²) < 4.78 is 0. The summed E-state index contributed by atoms with van der Waals surface area (Å²) in [6, 6.07) is -0.231. The molecule has 4 heteroatoms. The Balaban J connectivity index is 3.52. The van der Waals surface area contributed by atoms with Crippen molar-refractivity contribution in [1.82, 2.24) is 10.3 Å². The van der Waals surface area contributed by atoms with E-state index in [2.05, 4.69) is 19.3 Å². The standard InChI is InChI=1S/C7H17N3O/c1-6(2)4-5-10(3)7(11)9-8/h6H,4-5,8H2,1-3H3,(H,9,11).